The van der Waals surface area contributed by atoms with Crippen LogP contribution in [0.5, 0.6) is 0 Å². The van der Waals surface area contributed by atoms with Gasteiger partial charge in [-0.2, -0.15) is 0 Å². The molecule has 1 aromatic carbocycles. The molecular weight excluding hydrogens is 310 g/mol. The van der Waals surface area contributed by atoms with Gasteiger partial charge in [0.2, 0.25) is 0 Å². The normalized spacial score (nSPS) is 12.9. The Hall–Kier alpha value is -2.37. The molecule has 6 heteroatoms. The smallest absolute Gasteiger partial charge is 0.338 e. The summed E-state index contributed by atoms with van der Waals surface area (Å²) in [5.74, 6) is -1.72. The van der Waals surface area contributed by atoms with E-state index in [1.165, 1.54) is 7.11 Å². The van der Waals surface area contributed by atoms with Crippen molar-refractivity contribution in [3.63, 3.8) is 0 Å². The van der Waals surface area contributed by atoms with Crippen molar-refractivity contribution in [2.45, 2.75) is 40.2 Å². The Morgan fingerprint density at radius 3 is 2.38 bits per heavy atom. The lowest BCUT2D eigenvalue weighted by Gasteiger charge is -2.21. The quantitative estimate of drug-likeness (QED) is 0.772. The number of carbonyl (C=O) groups excluding carboxylic acids is 3. The molecule has 0 unspecified atom stereocenters. The Balaban J connectivity index is 2.62. The van der Waals surface area contributed by atoms with Crippen LogP contribution < -0.4 is 5.32 Å². The lowest BCUT2D eigenvalue weighted by Crippen LogP contribution is -2.47. The predicted molar refractivity (Wildman–Crippen MR) is 89.6 cm³/mol. The summed E-state index contributed by atoms with van der Waals surface area (Å²) in [5.41, 5.74) is 2.42. The Morgan fingerprint density at radius 2 is 1.83 bits per heavy atom. The maximum absolute atomic E-state index is 12.0. The Labute approximate surface area is 142 Å². The van der Waals surface area contributed by atoms with Crippen LogP contribution in [-0.4, -0.2) is 37.6 Å². The average Bonchev–Trinajstić information content (AvgIpc) is 2.58. The van der Waals surface area contributed by atoms with Gasteiger partial charge in [0.05, 0.1) is 12.7 Å². The van der Waals surface area contributed by atoms with E-state index < -0.39 is 30.5 Å². The summed E-state index contributed by atoms with van der Waals surface area (Å²) < 4.78 is 9.70. The van der Waals surface area contributed by atoms with Gasteiger partial charge in [0.25, 0.3) is 5.91 Å². The van der Waals surface area contributed by atoms with Gasteiger partial charge >= 0.3 is 11.9 Å². The topological polar surface area (TPSA) is 81.7 Å². The molecule has 0 heterocycles. The zero-order valence-corrected chi connectivity index (χ0v) is 14.8. The van der Waals surface area contributed by atoms with Crippen LogP contribution in [0.4, 0.5) is 0 Å². The van der Waals surface area contributed by atoms with Gasteiger partial charge in [-0.25, -0.2) is 9.59 Å². The third kappa shape index (κ3) is 5.37. The molecule has 1 aromatic rings. The van der Waals surface area contributed by atoms with Crippen LogP contribution in [0.2, 0.25) is 0 Å². The first-order chi connectivity index (χ1) is 11.3. The fourth-order valence-electron chi connectivity index (χ4n) is 2.09. The maximum atomic E-state index is 12.0. The monoisotopic (exact) mass is 335 g/mol. The van der Waals surface area contributed by atoms with E-state index in [1.807, 2.05) is 33.8 Å². The Bertz CT molecular complexity index is 611. The lowest BCUT2D eigenvalue weighted by molar-refractivity contribution is -0.147. The third-order valence-electron chi connectivity index (χ3n) is 4.06. The van der Waals surface area contributed by atoms with E-state index in [-0.39, 0.29) is 5.92 Å². The van der Waals surface area contributed by atoms with Crippen LogP contribution in [0, 0.1) is 19.8 Å². The number of carbonyl (C=O) groups is 3. The van der Waals surface area contributed by atoms with Crippen molar-refractivity contribution >= 4 is 17.8 Å². The molecule has 1 amide bonds. The second-order valence-electron chi connectivity index (χ2n) is 5.83. The average molecular weight is 335 g/mol. The van der Waals surface area contributed by atoms with Gasteiger partial charge in [0.15, 0.2) is 6.61 Å². The summed E-state index contributed by atoms with van der Waals surface area (Å²) in [7, 11) is 1.27. The van der Waals surface area contributed by atoms with Crippen molar-refractivity contribution in [3.05, 3.63) is 34.9 Å². The van der Waals surface area contributed by atoms with Gasteiger partial charge in [-0.15, -0.1) is 0 Å². The van der Waals surface area contributed by atoms with Gasteiger partial charge in [0.1, 0.15) is 6.04 Å². The van der Waals surface area contributed by atoms with Crippen molar-refractivity contribution in [1.82, 2.24) is 5.32 Å². The maximum Gasteiger partial charge on any atom is 0.338 e. The number of hydrogen-bond acceptors (Lipinski definition) is 5. The van der Waals surface area contributed by atoms with E-state index in [0.29, 0.717) is 12.0 Å². The molecule has 0 aliphatic heterocycles. The van der Waals surface area contributed by atoms with E-state index in [0.717, 1.165) is 11.1 Å². The fourth-order valence-corrected chi connectivity index (χ4v) is 2.09. The number of benzene rings is 1. The number of amides is 1. The summed E-state index contributed by atoms with van der Waals surface area (Å²) in [5, 5.41) is 2.56. The third-order valence-corrected chi connectivity index (χ3v) is 4.06. The molecule has 1 rings (SSSR count). The van der Waals surface area contributed by atoms with E-state index >= 15 is 0 Å². The first kappa shape index (κ1) is 19.7. The van der Waals surface area contributed by atoms with Crippen LogP contribution in [0.3, 0.4) is 0 Å². The van der Waals surface area contributed by atoms with Crippen molar-refractivity contribution < 1.29 is 23.9 Å². The number of rotatable bonds is 7. The first-order valence-electron chi connectivity index (χ1n) is 7.91. The zero-order valence-electron chi connectivity index (χ0n) is 14.8. The number of hydrogen-bond donors (Lipinski definition) is 1. The van der Waals surface area contributed by atoms with Crippen molar-refractivity contribution in [1.29, 1.82) is 0 Å². The van der Waals surface area contributed by atoms with Crippen molar-refractivity contribution in [2.75, 3.05) is 13.7 Å². The highest BCUT2D eigenvalue weighted by Gasteiger charge is 2.27. The molecule has 0 spiro atoms. The highest BCUT2D eigenvalue weighted by atomic mass is 16.5. The minimum atomic E-state index is -0.757. The SMILES string of the molecule is CC[C@H](C)[C@H](NC(=O)COC(=O)c1ccc(C)c(C)c1)C(=O)OC. The molecule has 24 heavy (non-hydrogen) atoms. The molecule has 0 fully saturated rings. The standard InChI is InChI=1S/C18H25NO5/c1-6-11(2)16(18(22)23-5)19-15(20)10-24-17(21)14-8-7-12(3)13(4)9-14/h7-9,11,16H,6,10H2,1-5H3,(H,19,20)/t11-,16-/m0/s1. The molecule has 0 aliphatic rings. The molecule has 0 saturated carbocycles. The molecule has 0 aromatic heterocycles. The van der Waals surface area contributed by atoms with Crippen molar-refractivity contribution in [3.8, 4) is 0 Å². The highest BCUT2D eigenvalue weighted by molar-refractivity contribution is 5.92. The predicted octanol–water partition coefficient (Wildman–Crippen LogP) is 2.16. The molecule has 132 valence electrons. The van der Waals surface area contributed by atoms with Gasteiger partial charge in [-0.3, -0.25) is 4.79 Å². The van der Waals surface area contributed by atoms with E-state index in [4.69, 9.17) is 9.47 Å². The van der Waals surface area contributed by atoms with Gasteiger partial charge in [-0.1, -0.05) is 26.3 Å². The molecular formula is C18H25NO5. The van der Waals surface area contributed by atoms with Gasteiger partial charge < -0.3 is 14.8 Å². The molecule has 0 bridgehead atoms. The zero-order chi connectivity index (χ0) is 18.3. The Kier molecular flexibility index (Phi) is 7.42. The number of esters is 2. The van der Waals surface area contributed by atoms with E-state index in [2.05, 4.69) is 5.32 Å². The molecule has 0 saturated heterocycles. The second kappa shape index (κ2) is 9.05. The minimum Gasteiger partial charge on any atom is -0.467 e. The lowest BCUT2D eigenvalue weighted by atomic mass is 9.99. The number of methoxy groups -OCH3 is 1. The van der Waals surface area contributed by atoms with Crippen LogP contribution >= 0.6 is 0 Å². The molecule has 2 atom stereocenters. The summed E-state index contributed by atoms with van der Waals surface area (Å²) in [4.78, 5) is 35.7. The largest absolute Gasteiger partial charge is 0.467 e. The first-order valence-corrected chi connectivity index (χ1v) is 7.91. The molecule has 0 radical (unpaired) electrons. The van der Waals surface area contributed by atoms with Crippen LogP contribution in [-0.2, 0) is 19.1 Å². The number of ether oxygens (including phenoxy) is 2. The summed E-state index contributed by atoms with van der Waals surface area (Å²) in [6.07, 6.45) is 0.697. The molecule has 1 N–H and O–H groups in total. The van der Waals surface area contributed by atoms with E-state index in [9.17, 15) is 14.4 Å². The van der Waals surface area contributed by atoms with Crippen LogP contribution in [0.1, 0.15) is 41.8 Å². The second-order valence-corrected chi connectivity index (χ2v) is 5.83. The van der Waals surface area contributed by atoms with Crippen LogP contribution in [0.25, 0.3) is 0 Å². The van der Waals surface area contributed by atoms with Crippen molar-refractivity contribution in [2.24, 2.45) is 5.92 Å². The molecule has 0 aliphatic carbocycles. The Morgan fingerprint density at radius 1 is 1.17 bits per heavy atom. The minimum absolute atomic E-state index is 0.0863. The van der Waals surface area contributed by atoms with Gasteiger partial charge in [0, 0.05) is 0 Å². The fraction of sp³-hybridized carbons (Fsp3) is 0.500. The van der Waals surface area contributed by atoms with E-state index in [1.54, 1.807) is 12.1 Å². The highest BCUT2D eigenvalue weighted by Crippen LogP contribution is 2.11. The van der Waals surface area contributed by atoms with Gasteiger partial charge in [-0.05, 0) is 43.0 Å². The summed E-state index contributed by atoms with van der Waals surface area (Å²) in [6.45, 7) is 7.14. The summed E-state index contributed by atoms with van der Waals surface area (Å²) in [6, 6.07) is 4.43. The molecule has 6 nitrogen and oxygen atoms in total. The van der Waals surface area contributed by atoms with Crippen LogP contribution in [0.15, 0.2) is 18.2 Å². The summed E-state index contributed by atoms with van der Waals surface area (Å²) >= 11 is 0. The number of nitrogens with one attached hydrogen (secondary N) is 1. The number of aryl methyl sites for hydroxylation is 2.